The van der Waals surface area contributed by atoms with Crippen LogP contribution in [-0.2, 0) is 4.74 Å². The molecule has 1 aromatic carbocycles. The van der Waals surface area contributed by atoms with E-state index in [0.29, 0.717) is 13.2 Å². The van der Waals surface area contributed by atoms with Crippen molar-refractivity contribution >= 4 is 35.6 Å². The molecule has 2 fully saturated rings. The van der Waals surface area contributed by atoms with Crippen LogP contribution in [0.15, 0.2) is 29.3 Å². The van der Waals surface area contributed by atoms with Crippen LogP contribution in [0.5, 0.6) is 5.75 Å². The van der Waals surface area contributed by atoms with Crippen molar-refractivity contribution in [2.24, 2.45) is 10.9 Å². The van der Waals surface area contributed by atoms with Crippen molar-refractivity contribution in [1.29, 1.82) is 0 Å². The van der Waals surface area contributed by atoms with Crippen LogP contribution in [0.3, 0.4) is 0 Å². The number of rotatable bonds is 9. The smallest absolute Gasteiger partial charge is 0.194 e. The predicted octanol–water partition coefficient (Wildman–Crippen LogP) is 2.19. The number of halogens is 1. The van der Waals surface area contributed by atoms with Gasteiger partial charge in [-0.3, -0.25) is 4.99 Å². The Labute approximate surface area is 191 Å². The summed E-state index contributed by atoms with van der Waals surface area (Å²) in [6.45, 7) is 8.04. The van der Waals surface area contributed by atoms with Gasteiger partial charge in [0, 0.05) is 45.0 Å². The lowest BCUT2D eigenvalue weighted by molar-refractivity contribution is 0.0367. The van der Waals surface area contributed by atoms with Gasteiger partial charge in [0.25, 0.3) is 0 Å². The summed E-state index contributed by atoms with van der Waals surface area (Å²) in [6.07, 6.45) is 1.98. The Morgan fingerprint density at radius 3 is 2.48 bits per heavy atom. The lowest BCUT2D eigenvalue weighted by atomic mass is 10.2. The van der Waals surface area contributed by atoms with Gasteiger partial charge in [-0.1, -0.05) is 0 Å². The zero-order valence-electron chi connectivity index (χ0n) is 17.5. The number of benzene rings is 1. The van der Waals surface area contributed by atoms with Crippen LogP contribution < -0.4 is 15.0 Å². The zero-order chi connectivity index (χ0) is 19.8. The molecule has 1 saturated heterocycles. The molecule has 1 aliphatic carbocycles. The van der Waals surface area contributed by atoms with E-state index in [1.54, 1.807) is 7.11 Å². The molecule has 1 unspecified atom stereocenters. The molecule has 1 heterocycles. The van der Waals surface area contributed by atoms with E-state index < -0.39 is 6.10 Å². The van der Waals surface area contributed by atoms with Gasteiger partial charge in [0.15, 0.2) is 5.96 Å². The molecule has 7 nitrogen and oxygen atoms in total. The van der Waals surface area contributed by atoms with Gasteiger partial charge in [0.1, 0.15) is 5.75 Å². The summed E-state index contributed by atoms with van der Waals surface area (Å²) in [5.41, 5.74) is 1.21. The van der Waals surface area contributed by atoms with Crippen molar-refractivity contribution in [3.8, 4) is 5.75 Å². The molecule has 8 heteroatoms. The number of aliphatic hydroxyl groups excluding tert-OH is 1. The van der Waals surface area contributed by atoms with Crippen molar-refractivity contribution in [3.63, 3.8) is 0 Å². The molecular formula is C21H35IN4O3. The van der Waals surface area contributed by atoms with Gasteiger partial charge in [0.2, 0.25) is 0 Å². The SMILES string of the molecule is CCNC(=NCC(O)COCC1CC1)N1CCN(c2ccc(OC)cc2)CC1.I. The monoisotopic (exact) mass is 518 g/mol. The van der Waals surface area contributed by atoms with E-state index in [1.807, 2.05) is 12.1 Å². The molecule has 164 valence electrons. The van der Waals surface area contributed by atoms with E-state index in [9.17, 15) is 5.11 Å². The molecule has 29 heavy (non-hydrogen) atoms. The maximum absolute atomic E-state index is 10.1. The van der Waals surface area contributed by atoms with Crippen molar-refractivity contribution < 1.29 is 14.6 Å². The number of anilines is 1. The molecule has 1 atom stereocenters. The van der Waals surface area contributed by atoms with Crippen LogP contribution in [0.4, 0.5) is 5.69 Å². The first-order chi connectivity index (χ1) is 13.7. The Morgan fingerprint density at radius 1 is 1.21 bits per heavy atom. The van der Waals surface area contributed by atoms with Gasteiger partial charge in [-0.05, 0) is 49.9 Å². The highest BCUT2D eigenvalue weighted by atomic mass is 127. The molecular weight excluding hydrogens is 483 g/mol. The average Bonchev–Trinajstić information content (AvgIpc) is 3.56. The molecule has 1 saturated carbocycles. The highest BCUT2D eigenvalue weighted by Gasteiger charge is 2.22. The second-order valence-electron chi connectivity index (χ2n) is 7.50. The fourth-order valence-electron chi connectivity index (χ4n) is 3.30. The van der Waals surface area contributed by atoms with Gasteiger partial charge in [-0.2, -0.15) is 0 Å². The summed E-state index contributed by atoms with van der Waals surface area (Å²) in [5.74, 6) is 2.47. The van der Waals surface area contributed by atoms with Crippen LogP contribution in [-0.4, -0.2) is 81.7 Å². The Balaban J connectivity index is 0.00000300. The molecule has 0 aromatic heterocycles. The molecule has 0 radical (unpaired) electrons. The minimum absolute atomic E-state index is 0. The van der Waals surface area contributed by atoms with Gasteiger partial charge in [-0.25, -0.2) is 0 Å². The van der Waals surface area contributed by atoms with Gasteiger partial charge in [0.05, 0.1) is 26.4 Å². The number of hydrogen-bond donors (Lipinski definition) is 2. The molecule has 2 aliphatic rings. The van der Waals surface area contributed by atoms with Crippen LogP contribution in [0.2, 0.25) is 0 Å². The van der Waals surface area contributed by atoms with E-state index in [-0.39, 0.29) is 24.0 Å². The number of aliphatic imine (C=N–C) groups is 1. The fraction of sp³-hybridized carbons (Fsp3) is 0.667. The summed E-state index contributed by atoms with van der Waals surface area (Å²) >= 11 is 0. The highest BCUT2D eigenvalue weighted by molar-refractivity contribution is 14.0. The third-order valence-corrected chi connectivity index (χ3v) is 5.16. The van der Waals surface area contributed by atoms with Crippen molar-refractivity contribution in [3.05, 3.63) is 24.3 Å². The first-order valence-corrected chi connectivity index (χ1v) is 10.4. The predicted molar refractivity (Wildman–Crippen MR) is 128 cm³/mol. The third kappa shape index (κ3) is 7.82. The molecule has 1 aromatic rings. The number of nitrogens with zero attached hydrogens (tertiary/aromatic N) is 3. The minimum Gasteiger partial charge on any atom is -0.497 e. The van der Waals surface area contributed by atoms with Crippen LogP contribution in [0, 0.1) is 5.92 Å². The number of nitrogens with one attached hydrogen (secondary N) is 1. The minimum atomic E-state index is -0.548. The molecule has 0 bridgehead atoms. The van der Waals surface area contributed by atoms with Crippen LogP contribution >= 0.6 is 24.0 Å². The van der Waals surface area contributed by atoms with Crippen molar-refractivity contribution in [2.75, 3.05) is 64.5 Å². The van der Waals surface area contributed by atoms with Crippen molar-refractivity contribution in [2.45, 2.75) is 25.9 Å². The van der Waals surface area contributed by atoms with Gasteiger partial charge in [-0.15, -0.1) is 24.0 Å². The van der Waals surface area contributed by atoms with Gasteiger partial charge >= 0.3 is 0 Å². The summed E-state index contributed by atoms with van der Waals surface area (Å²) in [4.78, 5) is 9.28. The quantitative estimate of drug-likeness (QED) is 0.297. The lowest BCUT2D eigenvalue weighted by Crippen LogP contribution is -2.52. The lowest BCUT2D eigenvalue weighted by Gasteiger charge is -2.37. The summed E-state index contributed by atoms with van der Waals surface area (Å²) in [5, 5.41) is 13.5. The first kappa shape index (κ1) is 24.0. The second kappa shape index (κ2) is 12.4. The zero-order valence-corrected chi connectivity index (χ0v) is 19.9. The summed E-state index contributed by atoms with van der Waals surface area (Å²) in [7, 11) is 1.69. The van der Waals surface area contributed by atoms with Crippen LogP contribution in [0.25, 0.3) is 0 Å². The molecule has 0 spiro atoms. The Bertz CT molecular complexity index is 617. The van der Waals surface area contributed by atoms with E-state index in [4.69, 9.17) is 9.47 Å². The Morgan fingerprint density at radius 2 is 1.90 bits per heavy atom. The standard InChI is InChI=1S/C21H34N4O3.HI/c1-3-22-21(23-14-19(26)16-28-15-17-4-5-17)25-12-10-24(11-13-25)18-6-8-20(27-2)9-7-18;/h6-9,17,19,26H,3-5,10-16H2,1-2H3,(H,22,23);1H. The average molecular weight is 518 g/mol. The molecule has 1 aliphatic heterocycles. The number of methoxy groups -OCH3 is 1. The maximum atomic E-state index is 10.1. The Hall–Kier alpha value is -1.26. The van der Waals surface area contributed by atoms with E-state index in [2.05, 4.69) is 39.2 Å². The molecule has 3 rings (SSSR count). The van der Waals surface area contributed by atoms with E-state index >= 15 is 0 Å². The number of aliphatic hydroxyl groups is 1. The Kier molecular flexibility index (Phi) is 10.3. The molecule has 2 N–H and O–H groups in total. The van der Waals surface area contributed by atoms with Gasteiger partial charge < -0.3 is 29.7 Å². The molecule has 0 amide bonds. The number of guanidine groups is 1. The largest absolute Gasteiger partial charge is 0.497 e. The fourth-order valence-corrected chi connectivity index (χ4v) is 3.30. The number of hydrogen-bond acceptors (Lipinski definition) is 5. The van der Waals surface area contributed by atoms with E-state index in [0.717, 1.165) is 57.0 Å². The van der Waals surface area contributed by atoms with Crippen molar-refractivity contribution in [1.82, 2.24) is 10.2 Å². The maximum Gasteiger partial charge on any atom is 0.194 e. The first-order valence-electron chi connectivity index (χ1n) is 10.4. The third-order valence-electron chi connectivity index (χ3n) is 5.16. The summed E-state index contributed by atoms with van der Waals surface area (Å²) in [6, 6.07) is 8.21. The number of ether oxygens (including phenoxy) is 2. The second-order valence-corrected chi connectivity index (χ2v) is 7.50. The highest BCUT2D eigenvalue weighted by Crippen LogP contribution is 2.28. The topological polar surface area (TPSA) is 69.6 Å². The number of piperazine rings is 1. The van der Waals surface area contributed by atoms with E-state index in [1.165, 1.54) is 18.5 Å². The van der Waals surface area contributed by atoms with Crippen LogP contribution in [0.1, 0.15) is 19.8 Å². The summed E-state index contributed by atoms with van der Waals surface area (Å²) < 4.78 is 10.8. The normalized spacial score (nSPS) is 18.2.